The predicted octanol–water partition coefficient (Wildman–Crippen LogP) is 3.52. The molecule has 5 heteroatoms. The second-order valence-corrected chi connectivity index (χ2v) is 6.17. The van der Waals surface area contributed by atoms with E-state index < -0.39 is 0 Å². The van der Waals surface area contributed by atoms with Crippen LogP contribution in [0.2, 0.25) is 0 Å². The molecule has 3 aromatic carbocycles. The van der Waals surface area contributed by atoms with Gasteiger partial charge in [-0.05, 0) is 29.3 Å². The van der Waals surface area contributed by atoms with E-state index in [2.05, 4.69) is 15.5 Å². The Kier molecular flexibility index (Phi) is 4.49. The van der Waals surface area contributed by atoms with Gasteiger partial charge in [-0.15, -0.1) is 0 Å². The van der Waals surface area contributed by atoms with Crippen LogP contribution in [0.25, 0.3) is 21.9 Å². The Morgan fingerprint density at radius 3 is 2.19 bits per heavy atom. The van der Waals surface area contributed by atoms with Crippen molar-refractivity contribution >= 4 is 16.7 Å². The number of aromatic amines is 1. The fraction of sp³-hybridized carbons (Fsp3) is 0.0455. The van der Waals surface area contributed by atoms with Gasteiger partial charge in [-0.2, -0.15) is 5.10 Å². The molecular formula is C22H17N3O2. The molecule has 0 spiro atoms. The molecule has 0 saturated carbocycles. The molecule has 27 heavy (non-hydrogen) atoms. The van der Waals surface area contributed by atoms with Crippen molar-refractivity contribution in [1.82, 2.24) is 15.5 Å². The van der Waals surface area contributed by atoms with Crippen LogP contribution in [0, 0.1) is 0 Å². The normalized spacial score (nSPS) is 10.7. The first-order valence-electron chi connectivity index (χ1n) is 8.62. The SMILES string of the molecule is O=C(NCc1n[nH]c(=O)c2ccccc12)c1ccc(-c2ccccc2)cc1. The molecule has 0 unspecified atom stereocenters. The monoisotopic (exact) mass is 355 g/mol. The van der Waals surface area contributed by atoms with E-state index in [4.69, 9.17) is 0 Å². The highest BCUT2D eigenvalue weighted by molar-refractivity contribution is 5.95. The number of H-pyrrole nitrogens is 1. The summed E-state index contributed by atoms with van der Waals surface area (Å²) in [5.74, 6) is -0.188. The molecule has 0 saturated heterocycles. The van der Waals surface area contributed by atoms with Gasteiger partial charge in [-0.25, -0.2) is 5.10 Å². The van der Waals surface area contributed by atoms with Crippen LogP contribution in [-0.4, -0.2) is 16.1 Å². The first kappa shape index (κ1) is 16.7. The number of nitrogens with zero attached hydrogens (tertiary/aromatic N) is 1. The van der Waals surface area contributed by atoms with Crippen molar-refractivity contribution in [1.29, 1.82) is 0 Å². The molecule has 0 fully saturated rings. The Labute approximate surface area is 155 Å². The molecule has 2 N–H and O–H groups in total. The third-order valence-electron chi connectivity index (χ3n) is 4.45. The second-order valence-electron chi connectivity index (χ2n) is 6.17. The van der Waals surface area contributed by atoms with Gasteiger partial charge in [-0.3, -0.25) is 9.59 Å². The van der Waals surface area contributed by atoms with Crippen molar-refractivity contribution in [2.75, 3.05) is 0 Å². The lowest BCUT2D eigenvalue weighted by atomic mass is 10.0. The second kappa shape index (κ2) is 7.25. The minimum Gasteiger partial charge on any atom is -0.346 e. The number of fused-ring (bicyclic) bond motifs is 1. The number of aromatic nitrogens is 2. The van der Waals surface area contributed by atoms with Gasteiger partial charge in [-0.1, -0.05) is 60.7 Å². The molecule has 5 nitrogen and oxygen atoms in total. The maximum absolute atomic E-state index is 12.5. The van der Waals surface area contributed by atoms with E-state index >= 15 is 0 Å². The third-order valence-corrected chi connectivity index (χ3v) is 4.45. The van der Waals surface area contributed by atoms with Crippen LogP contribution in [0.3, 0.4) is 0 Å². The highest BCUT2D eigenvalue weighted by Gasteiger charge is 2.09. The fourth-order valence-electron chi connectivity index (χ4n) is 3.02. The number of amides is 1. The fourth-order valence-corrected chi connectivity index (χ4v) is 3.02. The lowest BCUT2D eigenvalue weighted by Gasteiger charge is -2.08. The molecule has 4 aromatic rings. The molecular weight excluding hydrogens is 338 g/mol. The van der Waals surface area contributed by atoms with Crippen LogP contribution in [-0.2, 0) is 6.54 Å². The number of hydrogen-bond acceptors (Lipinski definition) is 3. The zero-order chi connectivity index (χ0) is 18.6. The average molecular weight is 355 g/mol. The summed E-state index contributed by atoms with van der Waals surface area (Å²) in [6, 6.07) is 24.7. The van der Waals surface area contributed by atoms with E-state index in [-0.39, 0.29) is 18.0 Å². The number of carbonyl (C=O) groups is 1. The smallest absolute Gasteiger partial charge is 0.272 e. The van der Waals surface area contributed by atoms with Crippen LogP contribution in [0.1, 0.15) is 16.1 Å². The van der Waals surface area contributed by atoms with Crippen LogP contribution in [0.15, 0.2) is 83.7 Å². The topological polar surface area (TPSA) is 74.8 Å². The Bertz CT molecular complexity index is 1150. The lowest BCUT2D eigenvalue weighted by molar-refractivity contribution is 0.0950. The van der Waals surface area contributed by atoms with Crippen LogP contribution in [0.4, 0.5) is 0 Å². The largest absolute Gasteiger partial charge is 0.346 e. The van der Waals surface area contributed by atoms with E-state index in [1.54, 1.807) is 24.3 Å². The molecule has 132 valence electrons. The number of benzene rings is 3. The summed E-state index contributed by atoms with van der Waals surface area (Å²) in [6.45, 7) is 0.233. The maximum atomic E-state index is 12.5. The van der Waals surface area contributed by atoms with E-state index in [1.807, 2.05) is 54.6 Å². The van der Waals surface area contributed by atoms with Gasteiger partial charge in [0.25, 0.3) is 11.5 Å². The summed E-state index contributed by atoms with van der Waals surface area (Å²) in [5.41, 5.74) is 3.12. The summed E-state index contributed by atoms with van der Waals surface area (Å²) < 4.78 is 0. The first-order valence-corrected chi connectivity index (χ1v) is 8.62. The molecule has 1 heterocycles. The van der Waals surface area contributed by atoms with Gasteiger partial charge in [0.1, 0.15) is 0 Å². The van der Waals surface area contributed by atoms with E-state index in [1.165, 1.54) is 0 Å². The van der Waals surface area contributed by atoms with Crippen molar-refractivity contribution < 1.29 is 4.79 Å². The molecule has 0 aliphatic rings. The van der Waals surface area contributed by atoms with Crippen molar-refractivity contribution in [3.8, 4) is 11.1 Å². The number of hydrogen-bond donors (Lipinski definition) is 2. The summed E-state index contributed by atoms with van der Waals surface area (Å²) in [4.78, 5) is 24.3. The van der Waals surface area contributed by atoms with Gasteiger partial charge < -0.3 is 5.32 Å². The summed E-state index contributed by atoms with van der Waals surface area (Å²) in [5, 5.41) is 10.7. The van der Waals surface area contributed by atoms with Crippen molar-refractivity contribution in [3.05, 3.63) is 100 Å². The number of nitrogens with one attached hydrogen (secondary N) is 2. The molecule has 0 atom stereocenters. The zero-order valence-corrected chi connectivity index (χ0v) is 14.5. The van der Waals surface area contributed by atoms with Gasteiger partial charge in [0, 0.05) is 10.9 Å². The third kappa shape index (κ3) is 3.48. The molecule has 1 aromatic heterocycles. The Morgan fingerprint density at radius 1 is 0.815 bits per heavy atom. The van der Waals surface area contributed by atoms with E-state index in [0.717, 1.165) is 16.5 Å². The zero-order valence-electron chi connectivity index (χ0n) is 14.5. The molecule has 4 rings (SSSR count). The van der Waals surface area contributed by atoms with Gasteiger partial charge in [0.2, 0.25) is 0 Å². The summed E-state index contributed by atoms with van der Waals surface area (Å²) in [6.07, 6.45) is 0. The Morgan fingerprint density at radius 2 is 1.44 bits per heavy atom. The average Bonchev–Trinajstić information content (AvgIpc) is 2.74. The van der Waals surface area contributed by atoms with Crippen LogP contribution < -0.4 is 10.9 Å². The van der Waals surface area contributed by atoms with E-state index in [9.17, 15) is 9.59 Å². The molecule has 0 radical (unpaired) electrons. The highest BCUT2D eigenvalue weighted by atomic mass is 16.1. The number of carbonyl (C=O) groups excluding carboxylic acids is 1. The molecule has 1 amide bonds. The summed E-state index contributed by atoms with van der Waals surface area (Å²) in [7, 11) is 0. The lowest BCUT2D eigenvalue weighted by Crippen LogP contribution is -2.24. The van der Waals surface area contributed by atoms with Crippen molar-refractivity contribution in [3.63, 3.8) is 0 Å². The first-order chi connectivity index (χ1) is 13.2. The molecule has 0 aliphatic carbocycles. The minimum absolute atomic E-state index is 0.188. The quantitative estimate of drug-likeness (QED) is 0.588. The van der Waals surface area contributed by atoms with Crippen molar-refractivity contribution in [2.24, 2.45) is 0 Å². The molecule has 0 bridgehead atoms. The van der Waals surface area contributed by atoms with Gasteiger partial charge >= 0.3 is 0 Å². The van der Waals surface area contributed by atoms with Crippen LogP contribution >= 0.6 is 0 Å². The number of rotatable bonds is 4. The Balaban J connectivity index is 1.50. The van der Waals surface area contributed by atoms with Gasteiger partial charge in [0.15, 0.2) is 0 Å². The maximum Gasteiger partial charge on any atom is 0.272 e. The Hall–Kier alpha value is -3.73. The summed E-state index contributed by atoms with van der Waals surface area (Å²) >= 11 is 0. The van der Waals surface area contributed by atoms with Crippen LogP contribution in [0.5, 0.6) is 0 Å². The minimum atomic E-state index is -0.239. The highest BCUT2D eigenvalue weighted by Crippen LogP contribution is 2.19. The molecule has 0 aliphatic heterocycles. The van der Waals surface area contributed by atoms with E-state index in [0.29, 0.717) is 16.6 Å². The van der Waals surface area contributed by atoms with Crippen molar-refractivity contribution in [2.45, 2.75) is 6.54 Å². The van der Waals surface area contributed by atoms with Gasteiger partial charge in [0.05, 0.1) is 17.6 Å². The standard InChI is InChI=1S/C22H17N3O2/c26-21(17-12-10-16(11-13-17)15-6-2-1-3-7-15)23-14-20-18-8-4-5-9-19(18)22(27)25-24-20/h1-13H,14H2,(H,23,26)(H,25,27). The predicted molar refractivity (Wildman–Crippen MR) is 105 cm³/mol.